The van der Waals surface area contributed by atoms with E-state index in [1.807, 2.05) is 18.5 Å². The molecule has 0 aliphatic heterocycles. The fourth-order valence-electron chi connectivity index (χ4n) is 2.58. The summed E-state index contributed by atoms with van der Waals surface area (Å²) in [6, 6.07) is 2.02. The van der Waals surface area contributed by atoms with Crippen molar-refractivity contribution in [3.8, 4) is 0 Å². The number of nitrogens with two attached hydrogens (primary N) is 1. The summed E-state index contributed by atoms with van der Waals surface area (Å²) in [5, 5.41) is 0. The molecule has 3 heteroatoms. The highest BCUT2D eigenvalue weighted by Crippen LogP contribution is 2.41. The second-order valence-electron chi connectivity index (χ2n) is 4.40. The molecular formula is C12H17BrN2. The zero-order chi connectivity index (χ0) is 10.7. The predicted octanol–water partition coefficient (Wildman–Crippen LogP) is 3.00. The van der Waals surface area contributed by atoms with Gasteiger partial charge in [0.1, 0.15) is 0 Å². The molecule has 0 spiro atoms. The molecule has 1 saturated carbocycles. The molecule has 1 aromatic rings. The Labute approximate surface area is 99.4 Å². The number of hydrogen-bond acceptors (Lipinski definition) is 2. The van der Waals surface area contributed by atoms with Crippen LogP contribution in [0.1, 0.15) is 37.7 Å². The lowest BCUT2D eigenvalue weighted by atomic mass is 9.70. The maximum atomic E-state index is 5.99. The number of pyridine rings is 1. The van der Waals surface area contributed by atoms with E-state index in [1.165, 1.54) is 37.7 Å². The van der Waals surface area contributed by atoms with Crippen molar-refractivity contribution < 1.29 is 0 Å². The molecule has 0 atom stereocenters. The molecule has 1 heterocycles. The maximum Gasteiger partial charge on any atom is 0.0317 e. The Morgan fingerprint density at radius 3 is 2.67 bits per heavy atom. The normalized spacial score (nSPS) is 20.1. The summed E-state index contributed by atoms with van der Waals surface area (Å²) >= 11 is 3.61. The molecule has 1 aliphatic rings. The summed E-state index contributed by atoms with van der Waals surface area (Å²) in [5.74, 6) is 0. The Kier molecular flexibility index (Phi) is 3.42. The maximum absolute atomic E-state index is 5.99. The molecule has 1 aromatic heterocycles. The van der Waals surface area contributed by atoms with Crippen molar-refractivity contribution in [2.75, 3.05) is 6.54 Å². The van der Waals surface area contributed by atoms with Crippen LogP contribution >= 0.6 is 15.9 Å². The number of aromatic nitrogens is 1. The molecule has 0 aromatic carbocycles. The first-order chi connectivity index (χ1) is 7.28. The van der Waals surface area contributed by atoms with Crippen molar-refractivity contribution in [3.05, 3.63) is 28.5 Å². The van der Waals surface area contributed by atoms with Crippen LogP contribution in [0, 0.1) is 0 Å². The highest BCUT2D eigenvalue weighted by Gasteiger charge is 2.34. The number of rotatable bonds is 2. The molecule has 15 heavy (non-hydrogen) atoms. The minimum atomic E-state index is 0.172. The van der Waals surface area contributed by atoms with Crippen molar-refractivity contribution in [2.24, 2.45) is 5.73 Å². The molecule has 2 rings (SSSR count). The minimum Gasteiger partial charge on any atom is -0.330 e. The largest absolute Gasteiger partial charge is 0.330 e. The van der Waals surface area contributed by atoms with Crippen LogP contribution in [0.15, 0.2) is 22.9 Å². The molecular weight excluding hydrogens is 252 g/mol. The van der Waals surface area contributed by atoms with E-state index in [2.05, 4.69) is 20.9 Å². The van der Waals surface area contributed by atoms with Gasteiger partial charge in [0.05, 0.1) is 0 Å². The van der Waals surface area contributed by atoms with Gasteiger partial charge in [-0.25, -0.2) is 0 Å². The van der Waals surface area contributed by atoms with Gasteiger partial charge in [0, 0.05) is 28.8 Å². The van der Waals surface area contributed by atoms with Crippen molar-refractivity contribution in [1.82, 2.24) is 4.98 Å². The van der Waals surface area contributed by atoms with Crippen LogP contribution in [0.4, 0.5) is 0 Å². The van der Waals surface area contributed by atoms with Gasteiger partial charge in [-0.3, -0.25) is 4.98 Å². The Morgan fingerprint density at radius 1 is 1.33 bits per heavy atom. The number of nitrogens with zero attached hydrogens (tertiary/aromatic N) is 1. The lowest BCUT2D eigenvalue weighted by Crippen LogP contribution is -2.37. The first-order valence-electron chi connectivity index (χ1n) is 5.58. The van der Waals surface area contributed by atoms with Crippen LogP contribution < -0.4 is 5.73 Å². The quantitative estimate of drug-likeness (QED) is 0.896. The van der Waals surface area contributed by atoms with E-state index >= 15 is 0 Å². The number of hydrogen-bond donors (Lipinski definition) is 1. The van der Waals surface area contributed by atoms with Gasteiger partial charge in [0.2, 0.25) is 0 Å². The Bertz CT molecular complexity index is 332. The fraction of sp³-hybridized carbons (Fsp3) is 0.583. The average Bonchev–Trinajstić information content (AvgIpc) is 2.30. The molecule has 2 nitrogen and oxygen atoms in total. The van der Waals surface area contributed by atoms with Gasteiger partial charge in [-0.1, -0.05) is 35.2 Å². The molecule has 2 N–H and O–H groups in total. The topological polar surface area (TPSA) is 38.9 Å². The summed E-state index contributed by atoms with van der Waals surface area (Å²) in [4.78, 5) is 4.23. The minimum absolute atomic E-state index is 0.172. The van der Waals surface area contributed by atoms with Gasteiger partial charge in [-0.05, 0) is 24.5 Å². The van der Waals surface area contributed by atoms with Gasteiger partial charge < -0.3 is 5.73 Å². The van der Waals surface area contributed by atoms with E-state index < -0.39 is 0 Å². The number of halogens is 1. The van der Waals surface area contributed by atoms with Crippen LogP contribution in [0.5, 0.6) is 0 Å². The smallest absolute Gasteiger partial charge is 0.0317 e. The third-order valence-electron chi connectivity index (χ3n) is 3.54. The Balaban J connectivity index is 2.36. The zero-order valence-electron chi connectivity index (χ0n) is 8.88. The molecule has 0 unspecified atom stereocenters. The van der Waals surface area contributed by atoms with E-state index in [9.17, 15) is 0 Å². The molecule has 0 amide bonds. The predicted molar refractivity (Wildman–Crippen MR) is 65.8 cm³/mol. The molecule has 82 valence electrons. The molecule has 0 bridgehead atoms. The van der Waals surface area contributed by atoms with E-state index in [0.29, 0.717) is 0 Å². The second-order valence-corrected chi connectivity index (χ2v) is 5.25. The van der Waals surface area contributed by atoms with Crippen LogP contribution in [0.25, 0.3) is 0 Å². The van der Waals surface area contributed by atoms with E-state index in [1.54, 1.807) is 0 Å². The summed E-state index contributed by atoms with van der Waals surface area (Å²) in [6.45, 7) is 0.733. The summed E-state index contributed by atoms with van der Waals surface area (Å²) in [5.41, 5.74) is 7.46. The Morgan fingerprint density at radius 2 is 2.07 bits per heavy atom. The summed E-state index contributed by atoms with van der Waals surface area (Å²) in [6.07, 6.45) is 10.1. The van der Waals surface area contributed by atoms with Gasteiger partial charge in [-0.2, -0.15) is 0 Å². The van der Waals surface area contributed by atoms with Gasteiger partial charge >= 0.3 is 0 Å². The summed E-state index contributed by atoms with van der Waals surface area (Å²) < 4.78 is 1.16. The third kappa shape index (κ3) is 2.08. The van der Waals surface area contributed by atoms with Crippen molar-refractivity contribution in [1.29, 1.82) is 0 Å². The molecule has 0 radical (unpaired) electrons. The van der Waals surface area contributed by atoms with Crippen LogP contribution in [0.2, 0.25) is 0 Å². The monoisotopic (exact) mass is 268 g/mol. The van der Waals surface area contributed by atoms with Crippen LogP contribution in [-0.2, 0) is 5.41 Å². The highest BCUT2D eigenvalue weighted by atomic mass is 79.9. The first-order valence-corrected chi connectivity index (χ1v) is 6.38. The third-order valence-corrected chi connectivity index (χ3v) is 4.23. The zero-order valence-corrected chi connectivity index (χ0v) is 10.5. The Hall–Kier alpha value is -0.410. The van der Waals surface area contributed by atoms with Crippen molar-refractivity contribution >= 4 is 15.9 Å². The van der Waals surface area contributed by atoms with Crippen LogP contribution in [0.3, 0.4) is 0 Å². The molecule has 1 aliphatic carbocycles. The average molecular weight is 269 g/mol. The lowest BCUT2D eigenvalue weighted by molar-refractivity contribution is 0.299. The lowest BCUT2D eigenvalue weighted by Gasteiger charge is -2.37. The van der Waals surface area contributed by atoms with E-state index in [-0.39, 0.29) is 5.41 Å². The van der Waals surface area contributed by atoms with Gasteiger partial charge in [0.15, 0.2) is 0 Å². The highest BCUT2D eigenvalue weighted by molar-refractivity contribution is 9.10. The second kappa shape index (κ2) is 4.62. The SMILES string of the molecule is NCC1(c2cnccc2Br)CCCCC1. The van der Waals surface area contributed by atoms with Crippen LogP contribution in [-0.4, -0.2) is 11.5 Å². The standard InChI is InChI=1S/C12H17BrN2/c13-11-4-7-15-8-10(11)12(9-14)5-2-1-3-6-12/h4,7-8H,1-3,5-6,9,14H2. The summed E-state index contributed by atoms with van der Waals surface area (Å²) in [7, 11) is 0. The van der Waals surface area contributed by atoms with E-state index in [0.717, 1.165) is 11.0 Å². The molecule has 1 fully saturated rings. The van der Waals surface area contributed by atoms with Crippen molar-refractivity contribution in [2.45, 2.75) is 37.5 Å². The van der Waals surface area contributed by atoms with Gasteiger partial charge in [-0.15, -0.1) is 0 Å². The van der Waals surface area contributed by atoms with E-state index in [4.69, 9.17) is 5.73 Å². The van der Waals surface area contributed by atoms with Crippen molar-refractivity contribution in [3.63, 3.8) is 0 Å². The van der Waals surface area contributed by atoms with Gasteiger partial charge in [0.25, 0.3) is 0 Å². The fourth-order valence-corrected chi connectivity index (χ4v) is 3.22. The molecule has 0 saturated heterocycles. The first kappa shape index (κ1) is 11.1.